The second-order valence-electron chi connectivity index (χ2n) is 2.16. The Bertz CT molecular complexity index is 241. The molecule has 0 unspecified atom stereocenters. The van der Waals surface area contributed by atoms with Gasteiger partial charge < -0.3 is 10.4 Å². The number of hydrogen-bond donors (Lipinski definition) is 2. The van der Waals surface area contributed by atoms with Crippen LogP contribution in [0.5, 0.6) is 0 Å². The van der Waals surface area contributed by atoms with Crippen molar-refractivity contribution in [1.29, 1.82) is 0 Å². The van der Waals surface area contributed by atoms with Crippen molar-refractivity contribution in [2.75, 3.05) is 5.32 Å². The molecule has 0 fully saturated rings. The van der Waals surface area contributed by atoms with Crippen LogP contribution >= 0.6 is 0 Å². The number of rotatable bonds is 2. The Labute approximate surface area is 66.2 Å². The summed E-state index contributed by atoms with van der Waals surface area (Å²) in [6.07, 6.45) is 1.60. The molecule has 2 N–H and O–H groups in total. The first-order chi connectivity index (χ1) is 5.33. The van der Waals surface area contributed by atoms with Crippen molar-refractivity contribution in [3.63, 3.8) is 0 Å². The van der Waals surface area contributed by atoms with Crippen LogP contribution in [0.25, 0.3) is 0 Å². The molecule has 0 heterocycles. The molecule has 0 aliphatic heterocycles. The van der Waals surface area contributed by atoms with Gasteiger partial charge in [-0.25, -0.2) is 0 Å². The molecule has 0 spiro atoms. The third-order valence-electron chi connectivity index (χ3n) is 1.32. The highest BCUT2D eigenvalue weighted by molar-refractivity contribution is 5.46. The van der Waals surface area contributed by atoms with Gasteiger partial charge in [0.05, 0.1) is 0 Å². The number of allylic oxidation sites excluding steroid dienone is 1. The van der Waals surface area contributed by atoms with Crippen molar-refractivity contribution in [3.05, 3.63) is 42.3 Å². The average Bonchev–Trinajstić information content (AvgIpc) is 2.06. The van der Waals surface area contributed by atoms with Gasteiger partial charge in [0.15, 0.2) is 5.88 Å². The van der Waals surface area contributed by atoms with Crippen LogP contribution in [0.15, 0.2) is 42.3 Å². The Morgan fingerprint density at radius 2 is 2.00 bits per heavy atom. The highest BCUT2D eigenvalue weighted by Crippen LogP contribution is 2.06. The van der Waals surface area contributed by atoms with Gasteiger partial charge in [0.1, 0.15) is 0 Å². The van der Waals surface area contributed by atoms with Crippen molar-refractivity contribution in [2.45, 2.75) is 6.92 Å². The maximum atomic E-state index is 9.06. The SMILES string of the molecule is C/C=C(/O)Nc1ccccc1. The Morgan fingerprint density at radius 1 is 1.36 bits per heavy atom. The van der Waals surface area contributed by atoms with Gasteiger partial charge in [0.25, 0.3) is 0 Å². The summed E-state index contributed by atoms with van der Waals surface area (Å²) in [5.74, 6) is 0.177. The van der Waals surface area contributed by atoms with E-state index in [2.05, 4.69) is 5.32 Å². The van der Waals surface area contributed by atoms with E-state index in [1.165, 1.54) is 0 Å². The zero-order valence-electron chi connectivity index (χ0n) is 6.41. The van der Waals surface area contributed by atoms with Gasteiger partial charge in [-0.15, -0.1) is 0 Å². The number of benzene rings is 1. The van der Waals surface area contributed by atoms with Crippen LogP contribution in [0, 0.1) is 0 Å². The third-order valence-corrected chi connectivity index (χ3v) is 1.32. The maximum Gasteiger partial charge on any atom is 0.184 e. The van der Waals surface area contributed by atoms with Crippen LogP contribution in [0.2, 0.25) is 0 Å². The number of nitrogens with one attached hydrogen (secondary N) is 1. The first kappa shape index (κ1) is 7.66. The Hall–Kier alpha value is -1.44. The molecule has 0 amide bonds. The largest absolute Gasteiger partial charge is 0.495 e. The molecule has 58 valence electrons. The van der Waals surface area contributed by atoms with Gasteiger partial charge in [-0.1, -0.05) is 18.2 Å². The molecule has 0 saturated carbocycles. The quantitative estimate of drug-likeness (QED) is 0.633. The standard InChI is InChI=1S/C9H11NO/c1-2-9(11)10-8-6-4-3-5-7-8/h2-7,10-11H,1H3/b9-2+. The van der Waals surface area contributed by atoms with E-state index >= 15 is 0 Å². The molecular formula is C9H11NO. The second-order valence-corrected chi connectivity index (χ2v) is 2.16. The summed E-state index contributed by atoms with van der Waals surface area (Å²) < 4.78 is 0. The van der Waals surface area contributed by atoms with Crippen molar-refractivity contribution >= 4 is 5.69 Å². The minimum Gasteiger partial charge on any atom is -0.495 e. The lowest BCUT2D eigenvalue weighted by Gasteiger charge is -2.02. The van der Waals surface area contributed by atoms with Gasteiger partial charge in [-0.05, 0) is 25.1 Å². The molecule has 0 bridgehead atoms. The van der Waals surface area contributed by atoms with Gasteiger partial charge >= 0.3 is 0 Å². The molecule has 11 heavy (non-hydrogen) atoms. The van der Waals surface area contributed by atoms with Crippen LogP contribution in [-0.4, -0.2) is 5.11 Å². The van der Waals surface area contributed by atoms with Crippen molar-refractivity contribution < 1.29 is 5.11 Å². The number of anilines is 1. The molecule has 0 atom stereocenters. The molecular weight excluding hydrogens is 138 g/mol. The van der Waals surface area contributed by atoms with E-state index in [1.807, 2.05) is 30.3 Å². The molecule has 2 nitrogen and oxygen atoms in total. The summed E-state index contributed by atoms with van der Waals surface area (Å²) in [5.41, 5.74) is 0.892. The zero-order valence-corrected chi connectivity index (χ0v) is 6.41. The third kappa shape index (κ3) is 2.34. The van der Waals surface area contributed by atoms with Crippen LogP contribution < -0.4 is 5.32 Å². The van der Waals surface area contributed by atoms with Crippen molar-refractivity contribution in [3.8, 4) is 0 Å². The number of aliphatic hydroxyl groups is 1. The van der Waals surface area contributed by atoms with E-state index in [0.29, 0.717) is 0 Å². The average molecular weight is 149 g/mol. The van der Waals surface area contributed by atoms with Gasteiger partial charge in [0, 0.05) is 5.69 Å². The Morgan fingerprint density at radius 3 is 2.55 bits per heavy atom. The molecule has 1 rings (SSSR count). The summed E-state index contributed by atoms with van der Waals surface area (Å²) in [6.45, 7) is 1.77. The Kier molecular flexibility index (Phi) is 2.55. The first-order valence-corrected chi connectivity index (χ1v) is 3.50. The fraction of sp³-hybridized carbons (Fsp3) is 0.111. The lowest BCUT2D eigenvalue weighted by Crippen LogP contribution is -1.96. The molecule has 0 radical (unpaired) electrons. The molecule has 1 aromatic carbocycles. The molecule has 0 saturated heterocycles. The number of aliphatic hydroxyl groups excluding tert-OH is 1. The first-order valence-electron chi connectivity index (χ1n) is 3.50. The van der Waals surface area contributed by atoms with Crippen molar-refractivity contribution in [1.82, 2.24) is 0 Å². The van der Waals surface area contributed by atoms with Crippen LogP contribution in [0.3, 0.4) is 0 Å². The van der Waals surface area contributed by atoms with Crippen LogP contribution in [0.4, 0.5) is 5.69 Å². The normalized spacial score (nSPS) is 11.2. The highest BCUT2D eigenvalue weighted by atomic mass is 16.3. The summed E-state index contributed by atoms with van der Waals surface area (Å²) >= 11 is 0. The van der Waals surface area contributed by atoms with E-state index in [4.69, 9.17) is 5.11 Å². The van der Waals surface area contributed by atoms with E-state index in [-0.39, 0.29) is 5.88 Å². The summed E-state index contributed by atoms with van der Waals surface area (Å²) in [6, 6.07) is 9.52. The van der Waals surface area contributed by atoms with E-state index in [1.54, 1.807) is 13.0 Å². The molecule has 0 aliphatic carbocycles. The minimum absolute atomic E-state index is 0.177. The predicted octanol–water partition coefficient (Wildman–Crippen LogP) is 2.52. The highest BCUT2D eigenvalue weighted by Gasteiger charge is 1.89. The molecule has 1 aromatic rings. The van der Waals surface area contributed by atoms with Gasteiger partial charge in [-0.3, -0.25) is 0 Å². The summed E-state index contributed by atoms with van der Waals surface area (Å²) in [5, 5.41) is 11.9. The molecule has 2 heteroatoms. The zero-order chi connectivity index (χ0) is 8.10. The van der Waals surface area contributed by atoms with Crippen LogP contribution in [0.1, 0.15) is 6.92 Å². The van der Waals surface area contributed by atoms with Gasteiger partial charge in [0.2, 0.25) is 0 Å². The van der Waals surface area contributed by atoms with Crippen LogP contribution in [-0.2, 0) is 0 Å². The van der Waals surface area contributed by atoms with E-state index in [0.717, 1.165) is 5.69 Å². The minimum atomic E-state index is 0.177. The topological polar surface area (TPSA) is 32.3 Å². The smallest absolute Gasteiger partial charge is 0.184 e. The van der Waals surface area contributed by atoms with Crippen molar-refractivity contribution in [2.24, 2.45) is 0 Å². The van der Waals surface area contributed by atoms with E-state index in [9.17, 15) is 0 Å². The fourth-order valence-corrected chi connectivity index (χ4v) is 0.742. The monoisotopic (exact) mass is 149 g/mol. The Balaban J connectivity index is 2.65. The lowest BCUT2D eigenvalue weighted by atomic mass is 10.3. The van der Waals surface area contributed by atoms with E-state index < -0.39 is 0 Å². The maximum absolute atomic E-state index is 9.06. The summed E-state index contributed by atoms with van der Waals surface area (Å²) in [4.78, 5) is 0. The van der Waals surface area contributed by atoms with Gasteiger partial charge in [-0.2, -0.15) is 0 Å². The second kappa shape index (κ2) is 3.66. The fourth-order valence-electron chi connectivity index (χ4n) is 0.742. The predicted molar refractivity (Wildman–Crippen MR) is 46.5 cm³/mol. The summed E-state index contributed by atoms with van der Waals surface area (Å²) in [7, 11) is 0. The number of para-hydroxylation sites is 1. The number of hydrogen-bond acceptors (Lipinski definition) is 2. The molecule has 0 aromatic heterocycles. The molecule has 0 aliphatic rings. The lowest BCUT2D eigenvalue weighted by molar-refractivity contribution is 0.418.